The number of carbonyl (C=O) groups is 1. The molecule has 3 rings (SSSR count). The van der Waals surface area contributed by atoms with Crippen molar-refractivity contribution in [1.82, 2.24) is 14.9 Å². The van der Waals surface area contributed by atoms with Gasteiger partial charge in [-0.2, -0.15) is 0 Å². The molecule has 0 aliphatic carbocycles. The van der Waals surface area contributed by atoms with Gasteiger partial charge in [0.25, 0.3) is 0 Å². The first kappa shape index (κ1) is 21.5. The molecule has 0 spiro atoms. The number of anilines is 1. The van der Waals surface area contributed by atoms with Gasteiger partial charge in [0.1, 0.15) is 0 Å². The van der Waals surface area contributed by atoms with Crippen molar-refractivity contribution in [1.29, 1.82) is 0 Å². The quantitative estimate of drug-likeness (QED) is 0.382. The molecule has 2 N–H and O–H groups in total. The number of fused-ring (bicyclic) bond motifs is 1. The monoisotopic (exact) mass is 404 g/mol. The van der Waals surface area contributed by atoms with Crippen molar-refractivity contribution >= 4 is 28.6 Å². The zero-order chi connectivity index (χ0) is 21.3. The molecule has 0 saturated heterocycles. The molecule has 0 atom stereocenters. The third kappa shape index (κ3) is 5.64. The smallest absolute Gasteiger partial charge is 0.328 e. The number of nitrogens with one attached hydrogen (secondary N) is 1. The maximum atomic E-state index is 10.7. The zero-order valence-electron chi connectivity index (χ0n) is 17.5. The van der Waals surface area contributed by atoms with E-state index in [-0.39, 0.29) is 0 Å². The predicted molar refractivity (Wildman–Crippen MR) is 123 cm³/mol. The van der Waals surface area contributed by atoms with Crippen molar-refractivity contribution in [2.24, 2.45) is 0 Å². The summed E-state index contributed by atoms with van der Waals surface area (Å²) in [4.78, 5) is 22.2. The number of nitrogens with zero attached hydrogens (tertiary/aromatic N) is 3. The Hall–Kier alpha value is -3.25. The van der Waals surface area contributed by atoms with Crippen LogP contribution in [0.4, 0.5) is 5.69 Å². The molecule has 3 aromatic rings. The van der Waals surface area contributed by atoms with E-state index in [2.05, 4.69) is 35.1 Å². The maximum absolute atomic E-state index is 10.7. The number of benzene rings is 1. The highest BCUT2D eigenvalue weighted by Crippen LogP contribution is 2.28. The van der Waals surface area contributed by atoms with Crippen LogP contribution in [0.3, 0.4) is 0 Å². The van der Waals surface area contributed by atoms with E-state index in [4.69, 9.17) is 10.1 Å². The van der Waals surface area contributed by atoms with Gasteiger partial charge >= 0.3 is 5.97 Å². The molecule has 0 unspecified atom stereocenters. The van der Waals surface area contributed by atoms with Crippen LogP contribution in [0.15, 0.2) is 54.9 Å². The molecular formula is C24H28N4O2. The summed E-state index contributed by atoms with van der Waals surface area (Å²) in [5, 5.41) is 13.3. The fourth-order valence-corrected chi connectivity index (χ4v) is 3.36. The summed E-state index contributed by atoms with van der Waals surface area (Å²) in [6.07, 6.45) is 7.37. The van der Waals surface area contributed by atoms with Gasteiger partial charge in [0, 0.05) is 41.7 Å². The largest absolute Gasteiger partial charge is 0.478 e. The molecule has 6 heteroatoms. The molecule has 1 aromatic carbocycles. The molecular weight excluding hydrogens is 376 g/mol. The van der Waals surface area contributed by atoms with Crippen LogP contribution in [0, 0.1) is 0 Å². The minimum Gasteiger partial charge on any atom is -0.478 e. The van der Waals surface area contributed by atoms with Crippen molar-refractivity contribution in [3.05, 3.63) is 60.4 Å². The zero-order valence-corrected chi connectivity index (χ0v) is 17.5. The highest BCUT2D eigenvalue weighted by atomic mass is 16.4. The Labute approximate surface area is 177 Å². The van der Waals surface area contributed by atoms with Crippen LogP contribution in [0.5, 0.6) is 0 Å². The Balaban J connectivity index is 1.81. The minimum atomic E-state index is -0.958. The van der Waals surface area contributed by atoms with E-state index in [0.29, 0.717) is 0 Å². The topological polar surface area (TPSA) is 78.4 Å². The van der Waals surface area contributed by atoms with Crippen LogP contribution in [-0.2, 0) is 4.79 Å². The Morgan fingerprint density at radius 3 is 2.63 bits per heavy atom. The van der Waals surface area contributed by atoms with Gasteiger partial charge < -0.3 is 15.3 Å². The molecule has 0 aliphatic heterocycles. The molecule has 0 amide bonds. The lowest BCUT2D eigenvalue weighted by molar-refractivity contribution is -0.131. The Morgan fingerprint density at radius 1 is 1.17 bits per heavy atom. The molecule has 6 nitrogen and oxygen atoms in total. The second-order valence-corrected chi connectivity index (χ2v) is 7.05. The van der Waals surface area contributed by atoms with E-state index < -0.39 is 5.97 Å². The Bertz CT molecular complexity index is 1010. The van der Waals surface area contributed by atoms with Gasteiger partial charge in [-0.15, -0.1) is 0 Å². The van der Waals surface area contributed by atoms with Crippen LogP contribution in [-0.4, -0.2) is 52.1 Å². The number of aliphatic carboxylic acids is 1. The van der Waals surface area contributed by atoms with Gasteiger partial charge in [-0.1, -0.05) is 38.1 Å². The molecule has 0 saturated carbocycles. The summed E-state index contributed by atoms with van der Waals surface area (Å²) < 4.78 is 0. The summed E-state index contributed by atoms with van der Waals surface area (Å²) >= 11 is 0. The summed E-state index contributed by atoms with van der Waals surface area (Å²) in [6, 6.07) is 11.7. The number of pyridine rings is 2. The van der Waals surface area contributed by atoms with Crippen molar-refractivity contribution < 1.29 is 9.90 Å². The highest BCUT2D eigenvalue weighted by molar-refractivity contribution is 5.93. The average Bonchev–Trinajstić information content (AvgIpc) is 2.78. The van der Waals surface area contributed by atoms with Gasteiger partial charge in [0.15, 0.2) is 0 Å². The van der Waals surface area contributed by atoms with Crippen LogP contribution < -0.4 is 5.32 Å². The number of carboxylic acids is 1. The summed E-state index contributed by atoms with van der Waals surface area (Å²) in [5.74, 6) is -0.958. The predicted octanol–water partition coefficient (Wildman–Crippen LogP) is 4.54. The first-order valence-corrected chi connectivity index (χ1v) is 10.3. The summed E-state index contributed by atoms with van der Waals surface area (Å²) in [7, 11) is 0. The lowest BCUT2D eigenvalue weighted by Crippen LogP contribution is -2.25. The van der Waals surface area contributed by atoms with Gasteiger partial charge in [0.2, 0.25) is 0 Å². The number of carboxylic acid groups (broad SMARTS) is 1. The normalized spacial score (nSPS) is 11.4. The molecule has 0 bridgehead atoms. The Kier molecular flexibility index (Phi) is 7.51. The third-order valence-electron chi connectivity index (χ3n) is 5.10. The number of hydrogen-bond acceptors (Lipinski definition) is 5. The first-order chi connectivity index (χ1) is 14.6. The Morgan fingerprint density at radius 2 is 1.93 bits per heavy atom. The molecule has 0 radical (unpaired) electrons. The molecule has 2 heterocycles. The molecule has 2 aromatic heterocycles. The second-order valence-electron chi connectivity index (χ2n) is 7.05. The van der Waals surface area contributed by atoms with E-state index in [1.807, 2.05) is 36.5 Å². The minimum absolute atomic E-state index is 0.834. The van der Waals surface area contributed by atoms with Gasteiger partial charge in [-0.05, 0) is 49.8 Å². The van der Waals surface area contributed by atoms with Crippen LogP contribution >= 0.6 is 0 Å². The second kappa shape index (κ2) is 10.5. The third-order valence-corrected chi connectivity index (χ3v) is 5.10. The lowest BCUT2D eigenvalue weighted by Gasteiger charge is -2.18. The van der Waals surface area contributed by atoms with Crippen molar-refractivity contribution in [2.75, 3.05) is 31.5 Å². The summed E-state index contributed by atoms with van der Waals surface area (Å²) in [5.41, 5.74) is 4.60. The van der Waals surface area contributed by atoms with E-state index in [9.17, 15) is 4.79 Å². The standard InChI is InChI=1S/C24H28N4O2/c1-3-28(4-2)15-5-13-26-23-16-22(27-21-12-14-25-17-20(21)23)19-9-6-18(7-10-19)8-11-24(29)30/h6-12,14,16-17H,3-5,13,15H2,1-2H3,(H,26,27)(H,29,30)/b11-8+. The molecule has 30 heavy (non-hydrogen) atoms. The number of aromatic nitrogens is 2. The maximum Gasteiger partial charge on any atom is 0.328 e. The average molecular weight is 405 g/mol. The molecule has 0 aliphatic rings. The van der Waals surface area contributed by atoms with E-state index >= 15 is 0 Å². The van der Waals surface area contributed by atoms with Crippen LogP contribution in [0.1, 0.15) is 25.8 Å². The molecule has 0 fully saturated rings. The SMILES string of the molecule is CCN(CC)CCCNc1cc(-c2ccc(/C=C/C(=O)O)cc2)nc2ccncc12. The van der Waals surface area contributed by atoms with E-state index in [1.54, 1.807) is 12.3 Å². The van der Waals surface area contributed by atoms with Gasteiger partial charge in [-0.25, -0.2) is 9.78 Å². The van der Waals surface area contributed by atoms with Crippen molar-refractivity contribution in [3.8, 4) is 11.3 Å². The lowest BCUT2D eigenvalue weighted by atomic mass is 10.1. The van der Waals surface area contributed by atoms with Crippen molar-refractivity contribution in [2.45, 2.75) is 20.3 Å². The molecule has 156 valence electrons. The first-order valence-electron chi connectivity index (χ1n) is 10.3. The van der Waals surface area contributed by atoms with Crippen LogP contribution in [0.2, 0.25) is 0 Å². The van der Waals surface area contributed by atoms with E-state index in [0.717, 1.165) is 72.1 Å². The van der Waals surface area contributed by atoms with Crippen molar-refractivity contribution in [3.63, 3.8) is 0 Å². The number of hydrogen-bond donors (Lipinski definition) is 2. The van der Waals surface area contributed by atoms with E-state index in [1.165, 1.54) is 0 Å². The number of rotatable bonds is 10. The van der Waals surface area contributed by atoms with Crippen LogP contribution in [0.25, 0.3) is 28.2 Å². The fourth-order valence-electron chi connectivity index (χ4n) is 3.36. The summed E-state index contributed by atoms with van der Waals surface area (Å²) in [6.45, 7) is 8.46. The van der Waals surface area contributed by atoms with Gasteiger partial charge in [-0.3, -0.25) is 4.98 Å². The van der Waals surface area contributed by atoms with Gasteiger partial charge in [0.05, 0.1) is 11.2 Å². The highest BCUT2D eigenvalue weighted by Gasteiger charge is 2.08. The fraction of sp³-hybridized carbons (Fsp3) is 0.292.